The van der Waals surface area contributed by atoms with E-state index in [2.05, 4.69) is 25.9 Å². The fourth-order valence-electron chi connectivity index (χ4n) is 1.04. The van der Waals surface area contributed by atoms with E-state index in [9.17, 15) is 4.39 Å². The van der Waals surface area contributed by atoms with Crippen LogP contribution in [0.4, 0.5) is 10.1 Å². The van der Waals surface area contributed by atoms with Crippen molar-refractivity contribution >= 4 is 33.4 Å². The van der Waals surface area contributed by atoms with E-state index in [1.807, 2.05) is 0 Å². The molecule has 1 heterocycles. The van der Waals surface area contributed by atoms with Gasteiger partial charge in [0.25, 0.3) is 0 Å². The van der Waals surface area contributed by atoms with Crippen LogP contribution in [-0.2, 0) is 0 Å². The molecule has 0 unspecified atom stereocenters. The van der Waals surface area contributed by atoms with Gasteiger partial charge in [0.15, 0.2) is 5.16 Å². The first-order valence-electron chi connectivity index (χ1n) is 4.08. The van der Waals surface area contributed by atoms with Crippen molar-refractivity contribution in [3.8, 4) is 0 Å². The second kappa shape index (κ2) is 4.24. The zero-order valence-corrected chi connectivity index (χ0v) is 9.90. The quantitative estimate of drug-likeness (QED) is 0.835. The summed E-state index contributed by atoms with van der Waals surface area (Å²) in [5.41, 5.74) is 6.08. The lowest BCUT2D eigenvalue weighted by Crippen LogP contribution is -1.91. The lowest BCUT2D eigenvalue weighted by atomic mass is 10.3. The number of nitrogens with two attached hydrogens (primary N) is 1. The van der Waals surface area contributed by atoms with Gasteiger partial charge in [0, 0.05) is 23.0 Å². The molecule has 0 fully saturated rings. The van der Waals surface area contributed by atoms with Gasteiger partial charge < -0.3 is 10.7 Å². The van der Waals surface area contributed by atoms with E-state index < -0.39 is 0 Å². The lowest BCUT2D eigenvalue weighted by Gasteiger charge is -2.04. The molecule has 6 heteroatoms. The van der Waals surface area contributed by atoms with Crippen molar-refractivity contribution in [3.05, 3.63) is 34.8 Å². The fourth-order valence-corrected chi connectivity index (χ4v) is 2.34. The highest BCUT2D eigenvalue weighted by atomic mass is 79.9. The van der Waals surface area contributed by atoms with E-state index in [0.717, 1.165) is 10.1 Å². The molecule has 15 heavy (non-hydrogen) atoms. The molecule has 0 aliphatic rings. The number of nitrogens with one attached hydrogen (secondary N) is 1. The Morgan fingerprint density at radius 1 is 1.47 bits per heavy atom. The number of anilines is 1. The lowest BCUT2D eigenvalue weighted by molar-refractivity contribution is 0.620. The normalized spacial score (nSPS) is 10.5. The molecule has 0 aliphatic heterocycles. The summed E-state index contributed by atoms with van der Waals surface area (Å²) in [4.78, 5) is 7.74. The highest BCUT2D eigenvalue weighted by molar-refractivity contribution is 9.10. The molecular weight excluding hydrogens is 281 g/mol. The van der Waals surface area contributed by atoms with Gasteiger partial charge >= 0.3 is 0 Å². The summed E-state index contributed by atoms with van der Waals surface area (Å²) >= 11 is 4.47. The monoisotopic (exact) mass is 287 g/mol. The van der Waals surface area contributed by atoms with Crippen molar-refractivity contribution < 1.29 is 4.39 Å². The van der Waals surface area contributed by atoms with Gasteiger partial charge in [-0.1, -0.05) is 0 Å². The Labute approximate surface area is 98.4 Å². The Balaban J connectivity index is 2.33. The fraction of sp³-hybridized carbons (Fsp3) is 0. The molecule has 0 spiro atoms. The van der Waals surface area contributed by atoms with Crippen LogP contribution in [0.5, 0.6) is 0 Å². The van der Waals surface area contributed by atoms with E-state index >= 15 is 0 Å². The number of hydrogen-bond acceptors (Lipinski definition) is 3. The number of nitrogens with zero attached hydrogens (tertiary/aromatic N) is 1. The molecule has 78 valence electrons. The number of nitrogen functional groups attached to an aromatic ring is 1. The Hall–Kier alpha value is -1.01. The van der Waals surface area contributed by atoms with Crippen LogP contribution in [0.3, 0.4) is 0 Å². The Morgan fingerprint density at radius 3 is 2.93 bits per heavy atom. The molecule has 3 nitrogen and oxygen atoms in total. The largest absolute Gasteiger partial charge is 0.398 e. The number of halogens is 2. The molecule has 0 saturated heterocycles. The minimum Gasteiger partial charge on any atom is -0.398 e. The third kappa shape index (κ3) is 2.32. The zero-order valence-electron chi connectivity index (χ0n) is 7.50. The molecule has 0 atom stereocenters. The summed E-state index contributed by atoms with van der Waals surface area (Å²) < 4.78 is 13.5. The van der Waals surface area contributed by atoms with Crippen LogP contribution in [0.1, 0.15) is 0 Å². The van der Waals surface area contributed by atoms with Crippen LogP contribution in [0, 0.1) is 5.82 Å². The Bertz CT molecular complexity index is 472. The van der Waals surface area contributed by atoms with Crippen molar-refractivity contribution in [2.75, 3.05) is 5.73 Å². The Morgan fingerprint density at radius 2 is 2.27 bits per heavy atom. The number of hydrogen-bond donors (Lipinski definition) is 2. The third-order valence-corrected chi connectivity index (χ3v) is 3.33. The maximum Gasteiger partial charge on any atom is 0.170 e. The van der Waals surface area contributed by atoms with Crippen molar-refractivity contribution in [1.29, 1.82) is 0 Å². The van der Waals surface area contributed by atoms with Crippen molar-refractivity contribution in [3.63, 3.8) is 0 Å². The van der Waals surface area contributed by atoms with Gasteiger partial charge in [0.05, 0.1) is 4.47 Å². The van der Waals surface area contributed by atoms with Crippen LogP contribution in [0.15, 0.2) is 39.1 Å². The summed E-state index contributed by atoms with van der Waals surface area (Å²) in [7, 11) is 0. The average Bonchev–Trinajstić information content (AvgIpc) is 2.67. The van der Waals surface area contributed by atoms with Gasteiger partial charge in [0.1, 0.15) is 5.82 Å². The van der Waals surface area contributed by atoms with Gasteiger partial charge in [-0.05, 0) is 39.8 Å². The Kier molecular flexibility index (Phi) is 2.97. The van der Waals surface area contributed by atoms with Crippen molar-refractivity contribution in [2.45, 2.75) is 10.1 Å². The SMILES string of the molecule is Nc1cc(F)c(Br)cc1Sc1ncc[nH]1. The van der Waals surface area contributed by atoms with Crippen LogP contribution in [0.2, 0.25) is 0 Å². The first-order chi connectivity index (χ1) is 7.16. The van der Waals surface area contributed by atoms with Gasteiger partial charge in [-0.3, -0.25) is 0 Å². The van der Waals surface area contributed by atoms with Crippen LogP contribution >= 0.6 is 27.7 Å². The number of aromatic nitrogens is 2. The number of aromatic amines is 1. The zero-order chi connectivity index (χ0) is 10.8. The summed E-state index contributed by atoms with van der Waals surface area (Å²) in [6, 6.07) is 2.92. The molecule has 2 aromatic rings. The second-order valence-electron chi connectivity index (χ2n) is 2.80. The first-order valence-corrected chi connectivity index (χ1v) is 5.69. The number of H-pyrrole nitrogens is 1. The molecule has 0 bridgehead atoms. The van der Waals surface area contributed by atoms with Gasteiger partial charge in [-0.25, -0.2) is 9.37 Å². The molecule has 1 aromatic heterocycles. The first kappa shape index (κ1) is 10.5. The topological polar surface area (TPSA) is 54.7 Å². The highest BCUT2D eigenvalue weighted by Gasteiger charge is 2.08. The second-order valence-corrected chi connectivity index (χ2v) is 4.69. The number of rotatable bonds is 2. The predicted molar refractivity (Wildman–Crippen MR) is 61.2 cm³/mol. The molecule has 0 radical (unpaired) electrons. The van der Waals surface area contributed by atoms with Crippen molar-refractivity contribution in [1.82, 2.24) is 9.97 Å². The van der Waals surface area contributed by atoms with Crippen LogP contribution in [0.25, 0.3) is 0 Å². The van der Waals surface area contributed by atoms with E-state index in [1.54, 1.807) is 18.5 Å². The van der Waals surface area contributed by atoms with Gasteiger partial charge in [0.2, 0.25) is 0 Å². The minimum atomic E-state index is -0.365. The molecule has 1 aromatic carbocycles. The number of imidazole rings is 1. The maximum absolute atomic E-state index is 13.1. The standard InChI is InChI=1S/C9H7BrFN3S/c10-5-3-8(7(12)4-6(5)11)15-9-13-1-2-14-9/h1-4H,12H2,(H,13,14). The van der Waals surface area contributed by atoms with E-state index in [4.69, 9.17) is 5.73 Å². The maximum atomic E-state index is 13.1. The molecule has 0 saturated carbocycles. The van der Waals surface area contributed by atoms with Crippen LogP contribution in [-0.4, -0.2) is 9.97 Å². The van der Waals surface area contributed by atoms with E-state index in [-0.39, 0.29) is 5.82 Å². The smallest absolute Gasteiger partial charge is 0.170 e. The molecule has 0 amide bonds. The number of benzene rings is 1. The molecule has 2 rings (SSSR count). The molecule has 0 aliphatic carbocycles. The van der Waals surface area contributed by atoms with E-state index in [0.29, 0.717) is 10.2 Å². The van der Waals surface area contributed by atoms with Gasteiger partial charge in [-0.15, -0.1) is 0 Å². The third-order valence-electron chi connectivity index (χ3n) is 1.73. The average molecular weight is 288 g/mol. The molecule has 3 N–H and O–H groups in total. The summed E-state index contributed by atoms with van der Waals surface area (Å²) in [6.45, 7) is 0. The van der Waals surface area contributed by atoms with E-state index in [1.165, 1.54) is 17.8 Å². The molecular formula is C9H7BrFN3S. The van der Waals surface area contributed by atoms with Crippen LogP contribution < -0.4 is 5.73 Å². The summed E-state index contributed by atoms with van der Waals surface area (Å²) in [5.74, 6) is -0.365. The predicted octanol–water partition coefficient (Wildman–Crippen LogP) is 3.04. The summed E-state index contributed by atoms with van der Waals surface area (Å²) in [6.07, 6.45) is 3.37. The minimum absolute atomic E-state index is 0.365. The highest BCUT2D eigenvalue weighted by Crippen LogP contribution is 2.33. The summed E-state index contributed by atoms with van der Waals surface area (Å²) in [5, 5.41) is 0.722. The van der Waals surface area contributed by atoms with Gasteiger partial charge in [-0.2, -0.15) is 0 Å². The van der Waals surface area contributed by atoms with Crippen molar-refractivity contribution in [2.24, 2.45) is 0 Å².